The number of piperazine rings is 1. The molecule has 6 aliphatic rings. The van der Waals surface area contributed by atoms with Gasteiger partial charge in [0.1, 0.15) is 34.6 Å². The zero-order chi connectivity index (χ0) is 38.1. The number of aromatic amines is 1. The normalized spacial score (nSPS) is 22.9. The maximum atomic E-state index is 15.6. The molecular weight excluding hydrogens is 709 g/mol. The standard InChI is InChI=1S/C40H40FN7O7/c1-54-26-14-30-35(33(15-26)55-2)38(51)44-36(42-30)22-3-5-23(6-4-22)46-11-9-21(10-12-46)18-45-19-24-13-25(20-45)47(24)32-17-28-27(16-29(32)41)39(52)48(40(28)53)31-7-8-34(49)43-37(31)50/h3-6,14-17,21,24-25,31H,7-13,18-20H2,1-2H3,(H,42,44,51)(H,43,49,50). The Morgan fingerprint density at radius 1 is 0.873 bits per heavy atom. The lowest BCUT2D eigenvalue weighted by atomic mass is 9.85. The predicted octanol–water partition coefficient (Wildman–Crippen LogP) is 3.33. The zero-order valence-corrected chi connectivity index (χ0v) is 30.5. The Morgan fingerprint density at radius 2 is 1.58 bits per heavy atom. The van der Waals surface area contributed by atoms with E-state index in [9.17, 15) is 24.0 Å². The molecule has 55 heavy (non-hydrogen) atoms. The van der Waals surface area contributed by atoms with Crippen molar-refractivity contribution < 1.29 is 33.0 Å². The molecule has 2 bridgehead atoms. The lowest BCUT2D eigenvalue weighted by Gasteiger charge is -2.58. The number of H-pyrrole nitrogens is 1. The van der Waals surface area contributed by atoms with Gasteiger partial charge in [0.05, 0.1) is 36.6 Å². The number of hydrogen-bond donors (Lipinski definition) is 2. The molecule has 4 amide bonds. The van der Waals surface area contributed by atoms with E-state index < -0.39 is 35.5 Å². The van der Waals surface area contributed by atoms with Gasteiger partial charge in [0.2, 0.25) is 11.8 Å². The summed E-state index contributed by atoms with van der Waals surface area (Å²) in [6.07, 6.45) is 3.09. The molecule has 14 nitrogen and oxygen atoms in total. The van der Waals surface area contributed by atoms with Crippen LogP contribution < -0.4 is 30.1 Å². The molecule has 6 aliphatic heterocycles. The smallest absolute Gasteiger partial charge is 0.262 e. The molecule has 3 unspecified atom stereocenters. The summed E-state index contributed by atoms with van der Waals surface area (Å²) >= 11 is 0. The first-order chi connectivity index (χ1) is 26.6. The van der Waals surface area contributed by atoms with Gasteiger partial charge in [-0.25, -0.2) is 9.37 Å². The minimum Gasteiger partial charge on any atom is -0.497 e. The summed E-state index contributed by atoms with van der Waals surface area (Å²) in [7, 11) is 3.06. The molecular formula is C40H40FN7O7. The Hall–Kier alpha value is -5.83. The molecule has 0 radical (unpaired) electrons. The van der Waals surface area contributed by atoms with Gasteiger partial charge >= 0.3 is 0 Å². The van der Waals surface area contributed by atoms with Gasteiger partial charge < -0.3 is 24.3 Å². The molecule has 284 valence electrons. The number of carbonyl (C=O) groups excluding carboxylic acids is 4. The van der Waals surface area contributed by atoms with Crippen molar-refractivity contribution in [2.75, 3.05) is 56.7 Å². The molecule has 0 saturated carbocycles. The molecule has 1 aromatic heterocycles. The van der Waals surface area contributed by atoms with Gasteiger partial charge in [-0.15, -0.1) is 0 Å². The van der Waals surface area contributed by atoms with Gasteiger partial charge in [0.15, 0.2) is 0 Å². The van der Waals surface area contributed by atoms with E-state index >= 15 is 4.39 Å². The quantitative estimate of drug-likeness (QED) is 0.255. The number of methoxy groups -OCH3 is 2. The second-order valence-corrected chi connectivity index (χ2v) is 15.1. The molecule has 3 aromatic carbocycles. The number of amides is 4. The number of rotatable bonds is 8. The van der Waals surface area contributed by atoms with Crippen LogP contribution in [0.4, 0.5) is 15.8 Å². The van der Waals surface area contributed by atoms with Crippen LogP contribution in [0.25, 0.3) is 22.3 Å². The summed E-state index contributed by atoms with van der Waals surface area (Å²) in [6.45, 7) is 4.38. The van der Waals surface area contributed by atoms with Crippen LogP contribution in [0.5, 0.6) is 11.5 Å². The van der Waals surface area contributed by atoms with Crippen LogP contribution >= 0.6 is 0 Å². The number of carbonyl (C=O) groups is 4. The monoisotopic (exact) mass is 749 g/mol. The average molecular weight is 750 g/mol. The summed E-state index contributed by atoms with van der Waals surface area (Å²) in [6, 6.07) is 13.2. The Kier molecular flexibility index (Phi) is 8.56. The van der Waals surface area contributed by atoms with E-state index in [1.165, 1.54) is 13.2 Å². The molecule has 10 rings (SSSR count). The number of piperidine rings is 3. The largest absolute Gasteiger partial charge is 0.497 e. The number of ether oxygens (including phenoxy) is 2. The Morgan fingerprint density at radius 3 is 2.25 bits per heavy atom. The lowest BCUT2D eigenvalue weighted by molar-refractivity contribution is -0.136. The van der Waals surface area contributed by atoms with E-state index in [4.69, 9.17) is 14.5 Å². The minimum atomic E-state index is -1.09. The highest BCUT2D eigenvalue weighted by Crippen LogP contribution is 2.41. The van der Waals surface area contributed by atoms with Crippen LogP contribution in [0.2, 0.25) is 0 Å². The predicted molar refractivity (Wildman–Crippen MR) is 200 cm³/mol. The molecule has 5 saturated heterocycles. The lowest BCUT2D eigenvalue weighted by Crippen LogP contribution is -2.69. The van der Waals surface area contributed by atoms with E-state index in [1.54, 1.807) is 19.2 Å². The van der Waals surface area contributed by atoms with E-state index in [1.807, 2.05) is 17.0 Å². The maximum absolute atomic E-state index is 15.6. The van der Waals surface area contributed by atoms with Crippen LogP contribution in [0, 0.1) is 11.7 Å². The van der Waals surface area contributed by atoms with Crippen molar-refractivity contribution in [3.63, 3.8) is 0 Å². The second kappa shape index (κ2) is 13.5. The molecule has 0 aliphatic carbocycles. The molecule has 2 N–H and O–H groups in total. The average Bonchev–Trinajstić information content (AvgIpc) is 3.41. The molecule has 4 aromatic rings. The van der Waals surface area contributed by atoms with Gasteiger partial charge in [-0.2, -0.15) is 0 Å². The van der Waals surface area contributed by atoms with Crippen LogP contribution in [-0.4, -0.2) is 108 Å². The SMILES string of the molecule is COc1cc(OC)c2c(=O)[nH]c(-c3ccc(N4CCC(CN5CC6CC(C5)N6c5cc6c(cc5F)C(=O)N(C5CCC(=O)NC5=O)C6=O)CC4)cc3)nc2c1. The number of imide groups is 2. The fourth-order valence-electron chi connectivity index (χ4n) is 9.11. The number of anilines is 2. The summed E-state index contributed by atoms with van der Waals surface area (Å²) in [5, 5.41) is 2.56. The first kappa shape index (κ1) is 34.9. The van der Waals surface area contributed by atoms with Crippen molar-refractivity contribution >= 4 is 45.9 Å². The van der Waals surface area contributed by atoms with Crippen LogP contribution in [0.3, 0.4) is 0 Å². The minimum absolute atomic E-state index is 0.0221. The number of benzene rings is 3. The molecule has 0 spiro atoms. The third kappa shape index (κ3) is 5.97. The second-order valence-electron chi connectivity index (χ2n) is 15.1. The first-order valence-corrected chi connectivity index (χ1v) is 18.7. The highest BCUT2D eigenvalue weighted by molar-refractivity contribution is 6.23. The third-order valence-corrected chi connectivity index (χ3v) is 11.9. The van der Waals surface area contributed by atoms with Gasteiger partial charge in [-0.05, 0) is 68.0 Å². The molecule has 7 heterocycles. The van der Waals surface area contributed by atoms with Crippen LogP contribution in [0.1, 0.15) is 52.8 Å². The summed E-state index contributed by atoms with van der Waals surface area (Å²) in [5.41, 5.74) is 2.47. The van der Waals surface area contributed by atoms with Crippen LogP contribution in [-0.2, 0) is 9.59 Å². The van der Waals surface area contributed by atoms with Crippen molar-refractivity contribution in [2.24, 2.45) is 5.92 Å². The van der Waals surface area contributed by atoms with Gasteiger partial charge in [0, 0.05) is 74.6 Å². The van der Waals surface area contributed by atoms with E-state index in [-0.39, 0.29) is 41.6 Å². The fourth-order valence-corrected chi connectivity index (χ4v) is 9.11. The van der Waals surface area contributed by atoms with Crippen molar-refractivity contribution in [3.05, 3.63) is 75.8 Å². The van der Waals surface area contributed by atoms with Crippen molar-refractivity contribution in [1.29, 1.82) is 0 Å². The number of nitrogens with zero attached hydrogens (tertiary/aromatic N) is 5. The number of halogens is 1. The van der Waals surface area contributed by atoms with Crippen molar-refractivity contribution in [3.8, 4) is 22.9 Å². The number of nitrogens with one attached hydrogen (secondary N) is 2. The van der Waals surface area contributed by atoms with Gasteiger partial charge in [-0.1, -0.05) is 0 Å². The Labute approximate surface area is 315 Å². The molecule has 15 heteroatoms. The fraction of sp³-hybridized carbons (Fsp3) is 0.400. The summed E-state index contributed by atoms with van der Waals surface area (Å²) < 4.78 is 26.4. The molecule has 3 atom stereocenters. The first-order valence-electron chi connectivity index (χ1n) is 18.7. The maximum Gasteiger partial charge on any atom is 0.262 e. The van der Waals surface area contributed by atoms with E-state index in [2.05, 4.69) is 32.2 Å². The summed E-state index contributed by atoms with van der Waals surface area (Å²) in [5.74, 6) is -1.09. The van der Waals surface area contributed by atoms with Gasteiger partial charge in [0.25, 0.3) is 17.4 Å². The number of fused-ring (bicyclic) bond motifs is 4. The number of aromatic nitrogens is 2. The Bertz CT molecular complexity index is 2310. The van der Waals surface area contributed by atoms with Gasteiger partial charge in [-0.3, -0.25) is 39.1 Å². The van der Waals surface area contributed by atoms with Crippen LogP contribution in [0.15, 0.2) is 53.3 Å². The highest BCUT2D eigenvalue weighted by Gasteiger charge is 2.49. The Balaban J connectivity index is 0.808. The zero-order valence-electron chi connectivity index (χ0n) is 30.5. The summed E-state index contributed by atoms with van der Waals surface area (Å²) in [4.78, 5) is 79.0. The highest BCUT2D eigenvalue weighted by atomic mass is 19.1. The number of hydrogen-bond acceptors (Lipinski definition) is 11. The van der Waals surface area contributed by atoms with Crippen molar-refractivity contribution in [2.45, 2.75) is 50.2 Å². The third-order valence-electron chi connectivity index (χ3n) is 11.9. The topological polar surface area (TPSA) is 157 Å². The van der Waals surface area contributed by atoms with E-state index in [0.29, 0.717) is 39.8 Å². The van der Waals surface area contributed by atoms with Crippen molar-refractivity contribution in [1.82, 2.24) is 25.1 Å². The molecule has 5 fully saturated rings. The van der Waals surface area contributed by atoms with E-state index in [0.717, 1.165) is 74.2 Å².